The number of aromatic hydroxyl groups is 1. The third kappa shape index (κ3) is 2.96. The van der Waals surface area contributed by atoms with Gasteiger partial charge in [-0.2, -0.15) is 0 Å². The molecule has 1 aromatic carbocycles. The lowest BCUT2D eigenvalue weighted by molar-refractivity contribution is 0.0740. The molecule has 0 bridgehead atoms. The first-order chi connectivity index (χ1) is 8.63. The number of phenolic OH excluding ortho intramolecular Hbond substituents is 1. The van der Waals surface area contributed by atoms with Crippen LogP contribution >= 0.6 is 11.6 Å². The van der Waals surface area contributed by atoms with Gasteiger partial charge in [-0.15, -0.1) is 0 Å². The summed E-state index contributed by atoms with van der Waals surface area (Å²) in [5.74, 6) is 0.0147. The summed E-state index contributed by atoms with van der Waals surface area (Å²) in [5, 5.41) is 9.87. The number of halogens is 1. The van der Waals surface area contributed by atoms with E-state index in [-0.39, 0.29) is 11.7 Å². The normalized spacial score (nSPS) is 14.6. The fraction of sp³-hybridized carbons (Fsp3) is 0.500. The van der Waals surface area contributed by atoms with Crippen molar-refractivity contribution < 1.29 is 9.90 Å². The van der Waals surface area contributed by atoms with Crippen LogP contribution in [0.15, 0.2) is 18.2 Å². The van der Waals surface area contributed by atoms with Gasteiger partial charge < -0.3 is 10.0 Å². The predicted octanol–water partition coefficient (Wildman–Crippen LogP) is 3.45. The number of nitrogens with zero attached hydrogens (tertiary/aromatic N) is 1. The molecule has 0 heterocycles. The molecular weight excluding hydrogens is 250 g/mol. The Kier molecular flexibility index (Phi) is 4.12. The van der Waals surface area contributed by atoms with Crippen molar-refractivity contribution in [3.8, 4) is 5.75 Å². The number of benzene rings is 1. The molecule has 1 saturated carbocycles. The number of hydrogen-bond donors (Lipinski definition) is 1. The van der Waals surface area contributed by atoms with Crippen molar-refractivity contribution in [3.63, 3.8) is 0 Å². The zero-order valence-corrected chi connectivity index (χ0v) is 11.3. The molecule has 0 saturated heterocycles. The molecule has 18 heavy (non-hydrogen) atoms. The van der Waals surface area contributed by atoms with Crippen LogP contribution in [0.5, 0.6) is 5.75 Å². The van der Waals surface area contributed by atoms with Crippen LogP contribution in [0.2, 0.25) is 5.02 Å². The van der Waals surface area contributed by atoms with Crippen LogP contribution in [0, 0.1) is 0 Å². The first-order valence-electron chi connectivity index (χ1n) is 6.43. The van der Waals surface area contributed by atoms with Crippen LogP contribution in [0.25, 0.3) is 0 Å². The Bertz CT molecular complexity index is 443. The summed E-state index contributed by atoms with van der Waals surface area (Å²) in [5.41, 5.74) is 0.402. The second kappa shape index (κ2) is 5.61. The number of phenols is 1. The maximum Gasteiger partial charge on any atom is 0.255 e. The van der Waals surface area contributed by atoms with Gasteiger partial charge in [0.15, 0.2) is 0 Å². The Balaban J connectivity index is 2.19. The average molecular weight is 268 g/mol. The van der Waals surface area contributed by atoms with Crippen molar-refractivity contribution in [2.45, 2.75) is 38.6 Å². The maximum atomic E-state index is 12.4. The number of carbonyl (C=O) groups excluding carboxylic acids is 1. The molecule has 1 fully saturated rings. The smallest absolute Gasteiger partial charge is 0.255 e. The molecule has 2 rings (SSSR count). The van der Waals surface area contributed by atoms with E-state index in [4.69, 9.17) is 11.6 Å². The van der Waals surface area contributed by atoms with Gasteiger partial charge in [0.25, 0.3) is 5.91 Å². The summed E-state index contributed by atoms with van der Waals surface area (Å²) in [6, 6.07) is 4.87. The van der Waals surface area contributed by atoms with E-state index < -0.39 is 0 Å². The average Bonchev–Trinajstić information content (AvgIpc) is 3.17. The first-order valence-corrected chi connectivity index (χ1v) is 6.80. The van der Waals surface area contributed by atoms with Crippen LogP contribution in [0.4, 0.5) is 0 Å². The van der Waals surface area contributed by atoms with E-state index in [9.17, 15) is 9.90 Å². The highest BCUT2D eigenvalue weighted by molar-refractivity contribution is 6.33. The summed E-state index contributed by atoms with van der Waals surface area (Å²) in [6.45, 7) is 2.88. The van der Waals surface area contributed by atoms with Gasteiger partial charge in [0.2, 0.25) is 0 Å². The predicted molar refractivity (Wildman–Crippen MR) is 72.1 cm³/mol. The Hall–Kier alpha value is -1.22. The molecule has 4 heteroatoms. The molecule has 0 unspecified atom stereocenters. The van der Waals surface area contributed by atoms with E-state index >= 15 is 0 Å². The quantitative estimate of drug-likeness (QED) is 0.888. The lowest BCUT2D eigenvalue weighted by Crippen LogP contribution is -2.34. The van der Waals surface area contributed by atoms with Crippen LogP contribution in [0.1, 0.15) is 43.0 Å². The number of amides is 1. The van der Waals surface area contributed by atoms with E-state index in [2.05, 4.69) is 6.92 Å². The minimum absolute atomic E-state index is 0.0631. The van der Waals surface area contributed by atoms with Gasteiger partial charge in [-0.3, -0.25) is 4.79 Å². The summed E-state index contributed by atoms with van der Waals surface area (Å²) in [6.07, 6.45) is 4.21. The second-order valence-corrected chi connectivity index (χ2v) is 5.15. The van der Waals surface area contributed by atoms with E-state index in [1.165, 1.54) is 12.1 Å². The lowest BCUT2D eigenvalue weighted by Gasteiger charge is -2.22. The van der Waals surface area contributed by atoms with Crippen molar-refractivity contribution >= 4 is 17.5 Å². The number of carbonyl (C=O) groups is 1. The minimum Gasteiger partial charge on any atom is -0.508 e. The Labute approximate surface area is 112 Å². The van der Waals surface area contributed by atoms with Crippen molar-refractivity contribution in [1.29, 1.82) is 0 Å². The van der Waals surface area contributed by atoms with Crippen LogP contribution in [0.3, 0.4) is 0 Å². The monoisotopic (exact) mass is 267 g/mol. The van der Waals surface area contributed by atoms with Gasteiger partial charge in [0.05, 0.1) is 10.6 Å². The Morgan fingerprint density at radius 1 is 1.50 bits per heavy atom. The summed E-state index contributed by atoms with van der Waals surface area (Å²) < 4.78 is 0. The van der Waals surface area contributed by atoms with Crippen LogP contribution < -0.4 is 0 Å². The summed E-state index contributed by atoms with van der Waals surface area (Å²) >= 11 is 6.04. The molecule has 1 amide bonds. The van der Waals surface area contributed by atoms with E-state index in [1.807, 2.05) is 4.90 Å². The lowest BCUT2D eigenvalue weighted by atomic mass is 10.1. The number of hydrogen-bond acceptors (Lipinski definition) is 2. The molecule has 0 atom stereocenters. The third-order valence-corrected chi connectivity index (χ3v) is 3.51. The van der Waals surface area contributed by atoms with Crippen LogP contribution in [-0.2, 0) is 0 Å². The highest BCUT2D eigenvalue weighted by Crippen LogP contribution is 2.31. The van der Waals surface area contributed by atoms with Gasteiger partial charge in [-0.1, -0.05) is 24.9 Å². The molecule has 0 radical (unpaired) electrons. The van der Waals surface area contributed by atoms with E-state index in [0.717, 1.165) is 32.2 Å². The topological polar surface area (TPSA) is 40.5 Å². The number of rotatable bonds is 5. The van der Waals surface area contributed by atoms with Crippen molar-refractivity contribution in [2.24, 2.45) is 0 Å². The molecule has 1 aliphatic rings. The van der Waals surface area contributed by atoms with E-state index in [0.29, 0.717) is 16.6 Å². The minimum atomic E-state index is -0.0631. The highest BCUT2D eigenvalue weighted by Gasteiger charge is 2.33. The highest BCUT2D eigenvalue weighted by atomic mass is 35.5. The van der Waals surface area contributed by atoms with E-state index in [1.54, 1.807) is 6.07 Å². The van der Waals surface area contributed by atoms with Crippen molar-refractivity contribution in [1.82, 2.24) is 4.90 Å². The molecular formula is C14H18ClNO2. The van der Waals surface area contributed by atoms with Gasteiger partial charge in [-0.05, 0) is 37.5 Å². The molecule has 1 N–H and O–H groups in total. The largest absolute Gasteiger partial charge is 0.508 e. The molecule has 1 aromatic rings. The van der Waals surface area contributed by atoms with Gasteiger partial charge in [0.1, 0.15) is 5.75 Å². The maximum absolute atomic E-state index is 12.4. The fourth-order valence-electron chi connectivity index (χ4n) is 2.00. The molecule has 0 spiro atoms. The van der Waals surface area contributed by atoms with Gasteiger partial charge in [-0.25, -0.2) is 0 Å². The molecule has 98 valence electrons. The van der Waals surface area contributed by atoms with Gasteiger partial charge in [0, 0.05) is 12.6 Å². The molecule has 1 aliphatic carbocycles. The Morgan fingerprint density at radius 3 is 2.83 bits per heavy atom. The zero-order valence-electron chi connectivity index (χ0n) is 10.5. The van der Waals surface area contributed by atoms with Crippen molar-refractivity contribution in [3.05, 3.63) is 28.8 Å². The fourth-order valence-corrected chi connectivity index (χ4v) is 2.19. The third-order valence-electron chi connectivity index (χ3n) is 3.18. The van der Waals surface area contributed by atoms with Crippen molar-refractivity contribution in [2.75, 3.05) is 6.54 Å². The number of unbranched alkanes of at least 4 members (excludes halogenated alkanes) is 1. The Morgan fingerprint density at radius 2 is 2.22 bits per heavy atom. The molecule has 3 nitrogen and oxygen atoms in total. The summed E-state index contributed by atoms with van der Waals surface area (Å²) in [7, 11) is 0. The zero-order chi connectivity index (χ0) is 13.1. The van der Waals surface area contributed by atoms with Crippen LogP contribution in [-0.4, -0.2) is 28.5 Å². The van der Waals surface area contributed by atoms with Gasteiger partial charge >= 0.3 is 0 Å². The SMILES string of the molecule is CCCCN(C(=O)c1cc(O)ccc1Cl)C1CC1. The summed E-state index contributed by atoms with van der Waals surface area (Å²) in [4.78, 5) is 14.3. The molecule has 0 aromatic heterocycles. The standard InChI is InChI=1S/C14H18ClNO2/c1-2-3-8-16(10-4-5-10)14(18)12-9-11(17)6-7-13(12)15/h6-7,9-10,17H,2-5,8H2,1H3. The molecule has 0 aliphatic heterocycles. The second-order valence-electron chi connectivity index (χ2n) is 4.75. The first kappa shape index (κ1) is 13.2.